The lowest BCUT2D eigenvalue weighted by atomic mass is 10.2. The zero-order valence-electron chi connectivity index (χ0n) is 8.03. The van der Waals surface area contributed by atoms with Gasteiger partial charge in [0.05, 0.1) is 0 Å². The predicted molar refractivity (Wildman–Crippen MR) is 60.6 cm³/mol. The Hall–Kier alpha value is -1.21. The first kappa shape index (κ1) is 9.35. The molecule has 2 aromatic carbocycles. The lowest BCUT2D eigenvalue weighted by Gasteiger charge is -2.01. The third-order valence-corrected chi connectivity index (χ3v) is 2.86. The maximum absolute atomic E-state index is 3.20. The number of aryl methyl sites for hydroxylation is 1. The Balaban J connectivity index is 2.19. The van der Waals surface area contributed by atoms with Crippen molar-refractivity contribution in [2.24, 2.45) is 0 Å². The highest BCUT2D eigenvalue weighted by atomic mass is 32.2. The van der Waals surface area contributed by atoms with Gasteiger partial charge in [-0.15, -0.1) is 0 Å². The molecule has 69 valence electrons. The minimum absolute atomic E-state index is 1.16. The summed E-state index contributed by atoms with van der Waals surface area (Å²) in [6.45, 7) is 2.11. The van der Waals surface area contributed by atoms with Crippen LogP contribution in [0.15, 0.2) is 58.3 Å². The first-order valence-electron chi connectivity index (χ1n) is 4.56. The molecule has 2 rings (SSSR count). The zero-order chi connectivity index (χ0) is 9.80. The summed E-state index contributed by atoms with van der Waals surface area (Å²) in [6.07, 6.45) is 0. The zero-order valence-corrected chi connectivity index (χ0v) is 8.84. The van der Waals surface area contributed by atoms with E-state index in [-0.39, 0.29) is 0 Å². The number of hydrogen-bond donors (Lipinski definition) is 0. The van der Waals surface area contributed by atoms with Crippen molar-refractivity contribution in [1.82, 2.24) is 0 Å². The summed E-state index contributed by atoms with van der Waals surface area (Å²) < 4.78 is 0. The van der Waals surface area contributed by atoms with Crippen molar-refractivity contribution in [2.45, 2.75) is 16.7 Å². The normalized spacial score (nSPS) is 10.1. The van der Waals surface area contributed by atoms with Crippen LogP contribution in [0, 0.1) is 13.0 Å². The quantitative estimate of drug-likeness (QED) is 0.705. The van der Waals surface area contributed by atoms with Crippen LogP contribution >= 0.6 is 11.8 Å². The summed E-state index contributed by atoms with van der Waals surface area (Å²) >= 11 is 1.75. The van der Waals surface area contributed by atoms with Crippen molar-refractivity contribution in [2.75, 3.05) is 0 Å². The van der Waals surface area contributed by atoms with Crippen molar-refractivity contribution >= 4 is 11.8 Å². The van der Waals surface area contributed by atoms with Crippen LogP contribution < -0.4 is 0 Å². The topological polar surface area (TPSA) is 0 Å². The molecule has 0 spiro atoms. The van der Waals surface area contributed by atoms with Crippen molar-refractivity contribution in [3.8, 4) is 0 Å². The molecule has 0 N–H and O–H groups in total. The highest BCUT2D eigenvalue weighted by Gasteiger charge is 1.95. The maximum Gasteiger partial charge on any atom is 0.0201 e. The SMILES string of the molecule is Cc1cccc(Sc2[c]cccc2)c1. The molecule has 0 heterocycles. The van der Waals surface area contributed by atoms with Crippen molar-refractivity contribution in [3.05, 3.63) is 60.2 Å². The Morgan fingerprint density at radius 3 is 2.71 bits per heavy atom. The van der Waals surface area contributed by atoms with Gasteiger partial charge in [-0.05, 0) is 31.2 Å². The molecule has 0 aromatic heterocycles. The summed E-state index contributed by atoms with van der Waals surface area (Å²) in [6, 6.07) is 19.7. The molecule has 0 aliphatic rings. The highest BCUT2D eigenvalue weighted by Crippen LogP contribution is 2.27. The van der Waals surface area contributed by atoms with Gasteiger partial charge in [-0.25, -0.2) is 0 Å². The molecule has 0 saturated carbocycles. The van der Waals surface area contributed by atoms with Gasteiger partial charge in [0.2, 0.25) is 0 Å². The molecule has 0 bridgehead atoms. The minimum Gasteiger partial charge on any atom is -0.0894 e. The van der Waals surface area contributed by atoms with E-state index in [1.807, 2.05) is 18.2 Å². The number of benzene rings is 2. The Bertz CT molecular complexity index is 407. The molecular formula is C13H11S. The average molecular weight is 199 g/mol. The molecule has 0 fully saturated rings. The number of hydrogen-bond acceptors (Lipinski definition) is 1. The van der Waals surface area contributed by atoms with E-state index < -0.39 is 0 Å². The molecule has 1 heteroatoms. The molecule has 1 radical (unpaired) electrons. The van der Waals surface area contributed by atoms with Gasteiger partial charge in [0.1, 0.15) is 0 Å². The van der Waals surface area contributed by atoms with Crippen LogP contribution in [0.2, 0.25) is 0 Å². The van der Waals surface area contributed by atoms with Gasteiger partial charge in [-0.1, -0.05) is 47.7 Å². The first-order valence-corrected chi connectivity index (χ1v) is 5.37. The lowest BCUT2D eigenvalue weighted by Crippen LogP contribution is -1.75. The summed E-state index contributed by atoms with van der Waals surface area (Å²) in [7, 11) is 0. The third-order valence-electron chi connectivity index (χ3n) is 1.90. The first-order chi connectivity index (χ1) is 6.84. The largest absolute Gasteiger partial charge is 0.0894 e. The van der Waals surface area contributed by atoms with E-state index in [4.69, 9.17) is 0 Å². The van der Waals surface area contributed by atoms with E-state index in [0.29, 0.717) is 0 Å². The van der Waals surface area contributed by atoms with Crippen LogP contribution in [0.1, 0.15) is 5.56 Å². The van der Waals surface area contributed by atoms with Crippen molar-refractivity contribution in [3.63, 3.8) is 0 Å². The Kier molecular flexibility index (Phi) is 2.90. The second-order valence-corrected chi connectivity index (χ2v) is 4.26. The van der Waals surface area contributed by atoms with Crippen LogP contribution in [0.5, 0.6) is 0 Å². The monoisotopic (exact) mass is 199 g/mol. The average Bonchev–Trinajstić information content (AvgIpc) is 2.19. The molecule has 0 saturated heterocycles. The van der Waals surface area contributed by atoms with Crippen molar-refractivity contribution in [1.29, 1.82) is 0 Å². The molecule has 14 heavy (non-hydrogen) atoms. The van der Waals surface area contributed by atoms with Crippen molar-refractivity contribution < 1.29 is 0 Å². The van der Waals surface area contributed by atoms with Gasteiger partial charge in [0.15, 0.2) is 0 Å². The van der Waals surface area contributed by atoms with E-state index >= 15 is 0 Å². The Morgan fingerprint density at radius 2 is 2.00 bits per heavy atom. The van der Waals surface area contributed by atoms with Crippen LogP contribution in [-0.2, 0) is 0 Å². The molecule has 0 aliphatic carbocycles. The number of rotatable bonds is 2. The summed E-state index contributed by atoms with van der Waals surface area (Å²) in [4.78, 5) is 2.44. The fourth-order valence-corrected chi connectivity index (χ4v) is 2.17. The van der Waals surface area contributed by atoms with E-state index in [9.17, 15) is 0 Å². The minimum atomic E-state index is 1.16. The highest BCUT2D eigenvalue weighted by molar-refractivity contribution is 7.99. The van der Waals surface area contributed by atoms with Gasteiger partial charge in [-0.3, -0.25) is 0 Å². The summed E-state index contributed by atoms with van der Waals surface area (Å²) in [5.41, 5.74) is 1.30. The van der Waals surface area contributed by atoms with Gasteiger partial charge in [0.25, 0.3) is 0 Å². The Labute approximate surface area is 89.0 Å². The van der Waals surface area contributed by atoms with E-state index in [2.05, 4.69) is 43.3 Å². The second-order valence-electron chi connectivity index (χ2n) is 3.15. The van der Waals surface area contributed by atoms with Gasteiger partial charge >= 0.3 is 0 Å². The lowest BCUT2D eigenvalue weighted by molar-refractivity contribution is 1.34. The fraction of sp³-hybridized carbons (Fsp3) is 0.0769. The molecular weight excluding hydrogens is 188 g/mol. The molecule has 0 amide bonds. The van der Waals surface area contributed by atoms with Gasteiger partial charge in [0, 0.05) is 9.79 Å². The predicted octanol–water partition coefficient (Wildman–Crippen LogP) is 3.95. The molecule has 0 atom stereocenters. The van der Waals surface area contributed by atoms with Crippen LogP contribution in [0.3, 0.4) is 0 Å². The van der Waals surface area contributed by atoms with Gasteiger partial charge in [-0.2, -0.15) is 0 Å². The second kappa shape index (κ2) is 4.34. The standard InChI is InChI=1S/C13H11S/c1-11-6-5-9-13(10-11)14-12-7-3-2-4-8-12/h2-7,9-10H,1H3. The smallest absolute Gasteiger partial charge is 0.0201 e. The van der Waals surface area contributed by atoms with Crippen LogP contribution in [0.4, 0.5) is 0 Å². The molecule has 2 aromatic rings. The van der Waals surface area contributed by atoms with E-state index in [1.54, 1.807) is 11.8 Å². The van der Waals surface area contributed by atoms with E-state index in [0.717, 1.165) is 4.90 Å². The summed E-state index contributed by atoms with van der Waals surface area (Å²) in [5.74, 6) is 0. The Morgan fingerprint density at radius 1 is 1.07 bits per heavy atom. The third kappa shape index (κ3) is 2.39. The molecule has 0 unspecified atom stereocenters. The fourth-order valence-electron chi connectivity index (χ4n) is 1.25. The maximum atomic E-state index is 3.20. The summed E-state index contributed by atoms with van der Waals surface area (Å²) in [5, 5.41) is 0. The molecule has 0 nitrogen and oxygen atoms in total. The van der Waals surface area contributed by atoms with Gasteiger partial charge < -0.3 is 0 Å². The van der Waals surface area contributed by atoms with E-state index in [1.165, 1.54) is 10.5 Å². The van der Waals surface area contributed by atoms with Crippen LogP contribution in [-0.4, -0.2) is 0 Å². The van der Waals surface area contributed by atoms with Crippen LogP contribution in [0.25, 0.3) is 0 Å². The molecule has 0 aliphatic heterocycles.